The predicted molar refractivity (Wildman–Crippen MR) is 68.4 cm³/mol. The quantitative estimate of drug-likeness (QED) is 0.858. The number of carbonyl (C=O) groups is 1. The molecule has 0 heterocycles. The molecule has 10 heteroatoms. The Morgan fingerprint density at radius 2 is 2.00 bits per heavy atom. The first-order valence-corrected chi connectivity index (χ1v) is 7.40. The second-order valence-corrected chi connectivity index (χ2v) is 6.40. The van der Waals surface area contributed by atoms with Gasteiger partial charge in [-0.05, 0) is 18.2 Å². The lowest BCUT2D eigenvalue weighted by molar-refractivity contribution is -0.141. The summed E-state index contributed by atoms with van der Waals surface area (Å²) in [4.78, 5) is 9.59. The molecule has 21 heavy (non-hydrogen) atoms. The van der Waals surface area contributed by atoms with Crippen LogP contribution in [-0.4, -0.2) is 26.0 Å². The summed E-state index contributed by atoms with van der Waals surface area (Å²) >= 11 is 5.45. The Balaban J connectivity index is 3.17. The van der Waals surface area contributed by atoms with Crippen LogP contribution in [0, 0.1) is 5.92 Å². The van der Waals surface area contributed by atoms with Crippen molar-refractivity contribution in [2.45, 2.75) is 18.0 Å². The molecule has 0 saturated carbocycles. The van der Waals surface area contributed by atoms with Gasteiger partial charge in [0.15, 0.2) is 0 Å². The minimum absolute atomic E-state index is 0.264. The highest BCUT2D eigenvalue weighted by atomic mass is 35.5. The molecule has 1 aromatic rings. The minimum Gasteiger partial charge on any atom is -0.481 e. The van der Waals surface area contributed by atoms with Gasteiger partial charge in [0, 0.05) is 11.6 Å². The molecular weight excluding hydrogens is 335 g/mol. The molecule has 2 N–H and O–H groups in total. The van der Waals surface area contributed by atoms with E-state index in [0.717, 1.165) is 12.1 Å². The average Bonchev–Trinajstić information content (AvgIpc) is 2.34. The van der Waals surface area contributed by atoms with E-state index in [1.54, 1.807) is 0 Å². The van der Waals surface area contributed by atoms with E-state index < -0.39 is 45.1 Å². The Labute approximate surface area is 123 Å². The fourth-order valence-electron chi connectivity index (χ4n) is 1.36. The molecule has 0 aliphatic carbocycles. The molecule has 1 unspecified atom stereocenters. The number of halogens is 4. The third-order valence-electron chi connectivity index (χ3n) is 2.54. The van der Waals surface area contributed by atoms with E-state index in [9.17, 15) is 26.4 Å². The molecular formula is C11H11ClF3NO4S. The van der Waals surface area contributed by atoms with Gasteiger partial charge in [-0.25, -0.2) is 13.1 Å². The molecule has 0 amide bonds. The summed E-state index contributed by atoms with van der Waals surface area (Å²) in [5.74, 6) is -2.36. The lowest BCUT2D eigenvalue weighted by atomic mass is 10.2. The summed E-state index contributed by atoms with van der Waals surface area (Å²) in [6, 6.07) is 2.22. The average molecular weight is 346 g/mol. The van der Waals surface area contributed by atoms with Crippen LogP contribution in [0.5, 0.6) is 0 Å². The number of carboxylic acids is 1. The molecule has 0 bridgehead atoms. The van der Waals surface area contributed by atoms with Gasteiger partial charge in [0.05, 0.1) is 16.4 Å². The van der Waals surface area contributed by atoms with E-state index in [1.165, 1.54) is 6.92 Å². The number of rotatable bonds is 5. The number of carboxylic acid groups (broad SMARTS) is 1. The Morgan fingerprint density at radius 3 is 2.48 bits per heavy atom. The minimum atomic E-state index is -4.91. The Morgan fingerprint density at radius 1 is 1.43 bits per heavy atom. The monoisotopic (exact) mass is 345 g/mol. The zero-order valence-electron chi connectivity index (χ0n) is 10.6. The highest BCUT2D eigenvalue weighted by molar-refractivity contribution is 7.89. The van der Waals surface area contributed by atoms with Gasteiger partial charge in [0.2, 0.25) is 10.0 Å². The summed E-state index contributed by atoms with van der Waals surface area (Å²) in [5, 5.41) is 8.37. The van der Waals surface area contributed by atoms with E-state index in [0.29, 0.717) is 6.07 Å². The lowest BCUT2D eigenvalue weighted by Crippen LogP contribution is -2.32. The number of aliphatic carboxylic acids is 1. The number of nitrogens with one attached hydrogen (secondary N) is 1. The van der Waals surface area contributed by atoms with Crippen LogP contribution >= 0.6 is 11.6 Å². The first-order chi connectivity index (χ1) is 9.45. The number of sulfonamides is 1. The largest absolute Gasteiger partial charge is 0.481 e. The fraction of sp³-hybridized carbons (Fsp3) is 0.364. The van der Waals surface area contributed by atoms with Crippen molar-refractivity contribution in [1.82, 2.24) is 4.72 Å². The summed E-state index contributed by atoms with van der Waals surface area (Å²) in [6.07, 6.45) is -4.91. The Kier molecular flexibility index (Phi) is 5.24. The molecule has 0 radical (unpaired) electrons. The van der Waals surface area contributed by atoms with Crippen molar-refractivity contribution in [3.05, 3.63) is 28.8 Å². The van der Waals surface area contributed by atoms with Crippen LogP contribution < -0.4 is 4.72 Å². The van der Waals surface area contributed by atoms with Gasteiger partial charge in [0.25, 0.3) is 0 Å². The number of alkyl halides is 3. The van der Waals surface area contributed by atoms with Crippen LogP contribution in [0.4, 0.5) is 13.2 Å². The van der Waals surface area contributed by atoms with Crippen LogP contribution in [-0.2, 0) is 21.0 Å². The topological polar surface area (TPSA) is 83.5 Å². The van der Waals surface area contributed by atoms with Crippen molar-refractivity contribution in [2.75, 3.05) is 6.54 Å². The van der Waals surface area contributed by atoms with Crippen LogP contribution in [0.25, 0.3) is 0 Å². The van der Waals surface area contributed by atoms with E-state index >= 15 is 0 Å². The number of hydrogen-bond acceptors (Lipinski definition) is 3. The van der Waals surface area contributed by atoms with Crippen molar-refractivity contribution in [3.63, 3.8) is 0 Å². The van der Waals surface area contributed by atoms with Crippen molar-refractivity contribution < 1.29 is 31.5 Å². The summed E-state index contributed by atoms with van der Waals surface area (Å²) in [5.41, 5.74) is -1.41. The molecule has 1 aromatic carbocycles. The third kappa shape index (κ3) is 4.58. The number of benzene rings is 1. The van der Waals surface area contributed by atoms with Crippen molar-refractivity contribution in [3.8, 4) is 0 Å². The normalized spacial score (nSPS) is 14.0. The van der Waals surface area contributed by atoms with Crippen LogP contribution in [0.1, 0.15) is 12.5 Å². The predicted octanol–water partition coefficient (Wildman–Crippen LogP) is 2.36. The standard InChI is InChI=1S/C11H11ClF3NO4S/c1-6(10(17)18)5-16-21(19,20)9-3-2-7(12)4-8(9)11(13,14)15/h2-4,6,16H,5H2,1H3,(H,17,18). The second-order valence-electron chi connectivity index (χ2n) is 4.23. The first kappa shape index (κ1) is 17.7. The molecule has 0 aliphatic rings. The summed E-state index contributed by atoms with van der Waals surface area (Å²) in [6.45, 7) is 0.689. The molecule has 1 rings (SSSR count). The summed E-state index contributed by atoms with van der Waals surface area (Å²) in [7, 11) is -4.51. The van der Waals surface area contributed by atoms with E-state index in [1.807, 2.05) is 4.72 Å². The van der Waals surface area contributed by atoms with Crippen molar-refractivity contribution in [2.24, 2.45) is 5.92 Å². The highest BCUT2D eigenvalue weighted by Gasteiger charge is 2.37. The van der Waals surface area contributed by atoms with E-state index in [-0.39, 0.29) is 5.02 Å². The molecule has 0 spiro atoms. The van der Waals surface area contributed by atoms with Gasteiger partial charge in [0.1, 0.15) is 0 Å². The van der Waals surface area contributed by atoms with Gasteiger partial charge in [-0.2, -0.15) is 13.2 Å². The molecule has 0 saturated heterocycles. The van der Waals surface area contributed by atoms with Crippen LogP contribution in [0.2, 0.25) is 5.02 Å². The number of hydrogen-bond donors (Lipinski definition) is 2. The molecule has 0 aliphatic heterocycles. The first-order valence-electron chi connectivity index (χ1n) is 5.54. The van der Waals surface area contributed by atoms with Gasteiger partial charge in [-0.15, -0.1) is 0 Å². The maximum atomic E-state index is 12.8. The zero-order chi connectivity index (χ0) is 16.4. The molecule has 5 nitrogen and oxygen atoms in total. The molecule has 0 fully saturated rings. The Bertz CT molecular complexity index is 645. The summed E-state index contributed by atoms with van der Waals surface area (Å²) < 4.78 is 64.1. The SMILES string of the molecule is CC(CNS(=O)(=O)c1ccc(Cl)cc1C(F)(F)F)C(=O)O. The Hall–Kier alpha value is -1.32. The van der Waals surface area contributed by atoms with Gasteiger partial charge in [-0.3, -0.25) is 4.79 Å². The van der Waals surface area contributed by atoms with Crippen LogP contribution in [0.15, 0.2) is 23.1 Å². The van der Waals surface area contributed by atoms with Gasteiger partial charge >= 0.3 is 12.1 Å². The molecule has 0 aromatic heterocycles. The third-order valence-corrected chi connectivity index (χ3v) is 4.25. The van der Waals surface area contributed by atoms with E-state index in [4.69, 9.17) is 16.7 Å². The van der Waals surface area contributed by atoms with Crippen molar-refractivity contribution in [1.29, 1.82) is 0 Å². The van der Waals surface area contributed by atoms with Gasteiger partial charge < -0.3 is 5.11 Å². The maximum Gasteiger partial charge on any atom is 0.417 e. The smallest absolute Gasteiger partial charge is 0.417 e. The van der Waals surface area contributed by atoms with Crippen LogP contribution in [0.3, 0.4) is 0 Å². The van der Waals surface area contributed by atoms with Gasteiger partial charge in [-0.1, -0.05) is 18.5 Å². The molecule has 118 valence electrons. The highest BCUT2D eigenvalue weighted by Crippen LogP contribution is 2.35. The maximum absolute atomic E-state index is 12.8. The van der Waals surface area contributed by atoms with Crippen molar-refractivity contribution >= 4 is 27.6 Å². The molecule has 1 atom stereocenters. The lowest BCUT2D eigenvalue weighted by Gasteiger charge is -2.15. The van der Waals surface area contributed by atoms with E-state index in [2.05, 4.69) is 0 Å². The fourth-order valence-corrected chi connectivity index (χ4v) is 2.87. The second kappa shape index (κ2) is 6.20. The zero-order valence-corrected chi connectivity index (χ0v) is 12.2.